The van der Waals surface area contributed by atoms with E-state index in [0.717, 1.165) is 32.1 Å². The Kier molecular flexibility index (Phi) is 8.73. The molecular formula is C23H23F4N3O6S. The normalized spacial score (nSPS) is 14.2. The number of carboxylic acid groups (broad SMARTS) is 1. The number of carboxylic acids is 1. The van der Waals surface area contributed by atoms with E-state index in [-0.39, 0.29) is 23.9 Å². The van der Waals surface area contributed by atoms with Crippen molar-refractivity contribution in [2.45, 2.75) is 49.5 Å². The number of hydrogen-bond acceptors (Lipinski definition) is 5. The molecule has 3 amide bonds. The van der Waals surface area contributed by atoms with Crippen molar-refractivity contribution in [1.82, 2.24) is 15.4 Å². The lowest BCUT2D eigenvalue weighted by atomic mass is 9.96. The van der Waals surface area contributed by atoms with Gasteiger partial charge in [-0.25, -0.2) is 40.3 Å². The van der Waals surface area contributed by atoms with Gasteiger partial charge < -0.3 is 15.7 Å². The number of hydrogen-bond donors (Lipinski definition) is 4. The average molecular weight is 546 g/mol. The van der Waals surface area contributed by atoms with Crippen LogP contribution in [0.1, 0.15) is 58.4 Å². The van der Waals surface area contributed by atoms with Crippen LogP contribution in [0.25, 0.3) is 0 Å². The standard InChI is InChI=1S/C23H23F4N3O6S/c24-17-15(18(25)20(27)16(19(17)26)22(32)33)21(31)28-11-10-12-6-8-14(9-7-12)37(35,36)30-23(34)29-13-4-2-1-3-5-13/h6-9,13H,1-5,10-11H2,(H,28,31)(H,32,33)(H2,29,30,34). The van der Waals surface area contributed by atoms with E-state index in [1.165, 1.54) is 24.3 Å². The van der Waals surface area contributed by atoms with E-state index >= 15 is 0 Å². The molecule has 0 heterocycles. The Labute approximate surface area is 209 Å². The summed E-state index contributed by atoms with van der Waals surface area (Å²) in [5.41, 5.74) is -2.99. The first-order valence-electron chi connectivity index (χ1n) is 11.2. The average Bonchev–Trinajstić information content (AvgIpc) is 2.83. The Morgan fingerprint density at radius 3 is 1.95 bits per heavy atom. The quantitative estimate of drug-likeness (QED) is 0.297. The predicted molar refractivity (Wildman–Crippen MR) is 121 cm³/mol. The van der Waals surface area contributed by atoms with Gasteiger partial charge in [0.25, 0.3) is 15.9 Å². The van der Waals surface area contributed by atoms with Gasteiger partial charge in [0, 0.05) is 12.6 Å². The highest BCUT2D eigenvalue weighted by molar-refractivity contribution is 7.90. The van der Waals surface area contributed by atoms with Crippen molar-refractivity contribution in [2.24, 2.45) is 0 Å². The molecule has 0 bridgehead atoms. The highest BCUT2D eigenvalue weighted by Gasteiger charge is 2.32. The van der Waals surface area contributed by atoms with Gasteiger partial charge in [0.2, 0.25) is 0 Å². The molecule has 0 atom stereocenters. The number of rotatable bonds is 8. The van der Waals surface area contributed by atoms with E-state index in [0.29, 0.717) is 5.56 Å². The van der Waals surface area contributed by atoms with Crippen molar-refractivity contribution in [3.8, 4) is 0 Å². The summed E-state index contributed by atoms with van der Waals surface area (Å²) in [4.78, 5) is 34.8. The van der Waals surface area contributed by atoms with Gasteiger partial charge in [-0.05, 0) is 37.0 Å². The molecule has 3 rings (SSSR count). The van der Waals surface area contributed by atoms with Gasteiger partial charge in [-0.2, -0.15) is 0 Å². The summed E-state index contributed by atoms with van der Waals surface area (Å²) in [6.45, 7) is -0.268. The second-order valence-electron chi connectivity index (χ2n) is 8.37. The molecule has 0 spiro atoms. The van der Waals surface area contributed by atoms with E-state index in [1.54, 1.807) is 0 Å². The van der Waals surface area contributed by atoms with Crippen LogP contribution in [0.5, 0.6) is 0 Å². The van der Waals surface area contributed by atoms with Gasteiger partial charge >= 0.3 is 12.0 Å². The molecule has 0 saturated heterocycles. The summed E-state index contributed by atoms with van der Waals surface area (Å²) < 4.78 is 82.5. The Hall–Kier alpha value is -3.68. The van der Waals surface area contributed by atoms with Gasteiger partial charge in [-0.15, -0.1) is 0 Å². The van der Waals surface area contributed by atoms with Crippen LogP contribution >= 0.6 is 0 Å². The summed E-state index contributed by atoms with van der Waals surface area (Å²) in [6.07, 6.45) is 4.55. The topological polar surface area (TPSA) is 142 Å². The number of aromatic carboxylic acids is 1. The van der Waals surface area contributed by atoms with Crippen LogP contribution in [-0.2, 0) is 16.4 Å². The molecule has 0 aliphatic heterocycles. The molecule has 4 N–H and O–H groups in total. The van der Waals surface area contributed by atoms with Crippen LogP contribution < -0.4 is 15.4 Å². The summed E-state index contributed by atoms with van der Waals surface area (Å²) in [7, 11) is -4.15. The molecule has 37 heavy (non-hydrogen) atoms. The van der Waals surface area contributed by atoms with Gasteiger partial charge in [0.15, 0.2) is 23.3 Å². The largest absolute Gasteiger partial charge is 0.477 e. The van der Waals surface area contributed by atoms with E-state index in [2.05, 4.69) is 10.6 Å². The third-order valence-electron chi connectivity index (χ3n) is 5.80. The van der Waals surface area contributed by atoms with Gasteiger partial charge in [-0.1, -0.05) is 31.4 Å². The Morgan fingerprint density at radius 2 is 1.41 bits per heavy atom. The summed E-state index contributed by atoms with van der Waals surface area (Å²) in [5, 5.41) is 13.4. The fraction of sp³-hybridized carbons (Fsp3) is 0.348. The summed E-state index contributed by atoms with van der Waals surface area (Å²) in [6, 6.07) is 4.25. The Balaban J connectivity index is 1.59. The minimum Gasteiger partial charge on any atom is -0.477 e. The molecule has 14 heteroatoms. The molecule has 1 aliphatic carbocycles. The highest BCUT2D eigenvalue weighted by Crippen LogP contribution is 2.24. The van der Waals surface area contributed by atoms with Gasteiger partial charge in [0.1, 0.15) is 11.1 Å². The van der Waals surface area contributed by atoms with Crippen LogP contribution in [-0.4, -0.2) is 44.0 Å². The van der Waals surface area contributed by atoms with Crippen LogP contribution in [0.3, 0.4) is 0 Å². The number of carbonyl (C=O) groups excluding carboxylic acids is 2. The molecule has 1 saturated carbocycles. The lowest BCUT2D eigenvalue weighted by Gasteiger charge is -2.22. The van der Waals surface area contributed by atoms with Crippen LogP contribution in [0.2, 0.25) is 0 Å². The highest BCUT2D eigenvalue weighted by atomic mass is 32.2. The zero-order chi connectivity index (χ0) is 27.3. The summed E-state index contributed by atoms with van der Waals surface area (Å²) in [5.74, 6) is -12.5. The SMILES string of the molecule is O=C(NC1CCCCC1)NS(=O)(=O)c1ccc(CCNC(=O)c2c(F)c(F)c(C(=O)O)c(F)c2F)cc1. The first-order valence-corrected chi connectivity index (χ1v) is 12.7. The van der Waals surface area contributed by atoms with Crippen molar-refractivity contribution in [1.29, 1.82) is 0 Å². The number of urea groups is 1. The maximum Gasteiger partial charge on any atom is 0.341 e. The monoisotopic (exact) mass is 545 g/mol. The Morgan fingerprint density at radius 1 is 0.865 bits per heavy atom. The molecule has 9 nitrogen and oxygen atoms in total. The smallest absolute Gasteiger partial charge is 0.341 e. The molecule has 200 valence electrons. The van der Waals surface area contributed by atoms with Crippen molar-refractivity contribution in [3.05, 3.63) is 64.2 Å². The molecule has 0 aromatic heterocycles. The number of amides is 3. The minimum absolute atomic E-state index is 0.0308. The Bertz CT molecular complexity index is 1280. The maximum atomic E-state index is 14.0. The number of sulfonamides is 1. The lowest BCUT2D eigenvalue weighted by Crippen LogP contribution is -2.45. The zero-order valence-corrected chi connectivity index (χ0v) is 20.1. The molecule has 0 radical (unpaired) electrons. The lowest BCUT2D eigenvalue weighted by molar-refractivity contribution is 0.0681. The number of benzene rings is 2. The van der Waals surface area contributed by atoms with Gasteiger partial charge in [0.05, 0.1) is 4.90 Å². The second kappa shape index (κ2) is 11.6. The first kappa shape index (κ1) is 27.9. The minimum atomic E-state index is -4.15. The van der Waals surface area contributed by atoms with E-state index in [1.807, 2.05) is 4.72 Å². The number of nitrogens with one attached hydrogen (secondary N) is 3. The zero-order valence-electron chi connectivity index (χ0n) is 19.2. The number of carbonyl (C=O) groups is 3. The molecule has 0 unspecified atom stereocenters. The van der Waals surface area contributed by atoms with Crippen LogP contribution in [0, 0.1) is 23.3 Å². The van der Waals surface area contributed by atoms with E-state index < -0.39 is 62.3 Å². The van der Waals surface area contributed by atoms with Crippen molar-refractivity contribution >= 4 is 27.9 Å². The van der Waals surface area contributed by atoms with Crippen LogP contribution in [0.4, 0.5) is 22.4 Å². The second-order valence-corrected chi connectivity index (χ2v) is 10.1. The van der Waals surface area contributed by atoms with Crippen molar-refractivity contribution < 1.29 is 45.5 Å². The number of halogens is 4. The van der Waals surface area contributed by atoms with Crippen LogP contribution in [0.15, 0.2) is 29.2 Å². The molecule has 1 fully saturated rings. The summed E-state index contributed by atoms with van der Waals surface area (Å²) >= 11 is 0. The predicted octanol–water partition coefficient (Wildman–Crippen LogP) is 3.23. The van der Waals surface area contributed by atoms with E-state index in [9.17, 15) is 40.4 Å². The molecule has 2 aromatic carbocycles. The fourth-order valence-corrected chi connectivity index (χ4v) is 4.82. The third-order valence-corrected chi connectivity index (χ3v) is 7.15. The van der Waals surface area contributed by atoms with Crippen molar-refractivity contribution in [3.63, 3.8) is 0 Å². The maximum absolute atomic E-state index is 14.0. The molecular weight excluding hydrogens is 522 g/mol. The first-order chi connectivity index (χ1) is 17.4. The molecule has 1 aliphatic rings. The van der Waals surface area contributed by atoms with Gasteiger partial charge in [-0.3, -0.25) is 4.79 Å². The molecule has 2 aromatic rings. The van der Waals surface area contributed by atoms with Crippen molar-refractivity contribution in [2.75, 3.05) is 6.54 Å². The third kappa shape index (κ3) is 6.56. The van der Waals surface area contributed by atoms with E-state index in [4.69, 9.17) is 5.11 Å². The fourth-order valence-electron chi connectivity index (χ4n) is 3.91.